The van der Waals surface area contributed by atoms with E-state index in [4.69, 9.17) is 11.6 Å². The minimum atomic E-state index is 0.546. The lowest BCUT2D eigenvalue weighted by Gasteiger charge is -2.05. The lowest BCUT2D eigenvalue weighted by atomic mass is 10.2. The molecule has 5 nitrogen and oxygen atoms in total. The molecule has 0 atom stereocenters. The van der Waals surface area contributed by atoms with Crippen molar-refractivity contribution < 1.29 is 0 Å². The van der Waals surface area contributed by atoms with Crippen LogP contribution in [0.4, 0.5) is 11.6 Å². The largest absolute Gasteiger partial charge is 0.324 e. The van der Waals surface area contributed by atoms with Crippen molar-refractivity contribution in [2.75, 3.05) is 5.32 Å². The first-order valence-electron chi connectivity index (χ1n) is 6.57. The maximum absolute atomic E-state index is 5.98. The van der Waals surface area contributed by atoms with Crippen molar-refractivity contribution in [2.45, 2.75) is 0 Å². The first kappa shape index (κ1) is 13.2. The Balaban J connectivity index is 1.65. The number of nitrogens with one attached hydrogen (secondary N) is 2. The average Bonchev–Trinajstić information content (AvgIpc) is 3.16. The van der Waals surface area contributed by atoms with E-state index in [2.05, 4.69) is 25.5 Å². The third-order valence-electron chi connectivity index (χ3n) is 3.18. The standard InChI is InChI=1S/C15H10ClN5S/c16-14-4-3-13(22-14)12-5-6-17-15(20-12)19-10-1-2-11-9(7-10)8-18-21-11/h1-8H,(H,18,21)(H,17,19,20). The molecule has 0 aliphatic carbocycles. The molecule has 0 saturated heterocycles. The quantitative estimate of drug-likeness (QED) is 0.582. The summed E-state index contributed by atoms with van der Waals surface area (Å²) in [4.78, 5) is 9.80. The van der Waals surface area contributed by atoms with Crippen molar-refractivity contribution >= 4 is 45.5 Å². The summed E-state index contributed by atoms with van der Waals surface area (Å²) < 4.78 is 0.744. The molecule has 0 aliphatic rings. The van der Waals surface area contributed by atoms with E-state index in [1.807, 2.05) is 36.4 Å². The zero-order valence-corrected chi connectivity index (χ0v) is 12.8. The van der Waals surface area contributed by atoms with Crippen molar-refractivity contribution in [1.82, 2.24) is 20.2 Å². The van der Waals surface area contributed by atoms with E-state index in [1.165, 1.54) is 11.3 Å². The number of thiophene rings is 1. The van der Waals surface area contributed by atoms with Crippen LogP contribution in [0.3, 0.4) is 0 Å². The topological polar surface area (TPSA) is 66.5 Å². The molecule has 2 N–H and O–H groups in total. The number of halogens is 1. The highest BCUT2D eigenvalue weighted by atomic mass is 35.5. The van der Waals surface area contributed by atoms with Gasteiger partial charge in [0.2, 0.25) is 5.95 Å². The minimum Gasteiger partial charge on any atom is -0.324 e. The third-order valence-corrected chi connectivity index (χ3v) is 4.43. The van der Waals surface area contributed by atoms with Crippen molar-refractivity contribution in [3.8, 4) is 10.6 Å². The van der Waals surface area contributed by atoms with Crippen LogP contribution in [0.15, 0.2) is 48.8 Å². The Kier molecular flexibility index (Phi) is 3.25. The smallest absolute Gasteiger partial charge is 0.227 e. The predicted octanol–water partition coefficient (Wildman–Crippen LogP) is 4.48. The van der Waals surface area contributed by atoms with E-state index in [1.54, 1.807) is 12.4 Å². The fourth-order valence-electron chi connectivity index (χ4n) is 2.16. The van der Waals surface area contributed by atoms with Crippen LogP contribution in [-0.2, 0) is 0 Å². The molecule has 3 aromatic heterocycles. The van der Waals surface area contributed by atoms with Gasteiger partial charge < -0.3 is 5.32 Å². The molecule has 0 spiro atoms. The zero-order valence-electron chi connectivity index (χ0n) is 11.2. The second kappa shape index (κ2) is 5.40. The number of aromatic nitrogens is 4. The van der Waals surface area contributed by atoms with Gasteiger partial charge in [0.15, 0.2) is 0 Å². The summed E-state index contributed by atoms with van der Waals surface area (Å²) in [5, 5.41) is 11.2. The first-order valence-corrected chi connectivity index (χ1v) is 7.76. The Bertz CT molecular complexity index is 946. The van der Waals surface area contributed by atoms with Gasteiger partial charge in [-0.3, -0.25) is 5.10 Å². The number of H-pyrrole nitrogens is 1. The van der Waals surface area contributed by atoms with Gasteiger partial charge in [-0.2, -0.15) is 5.10 Å². The molecule has 0 saturated carbocycles. The van der Waals surface area contributed by atoms with E-state index in [0.717, 1.165) is 31.5 Å². The number of fused-ring (bicyclic) bond motifs is 1. The summed E-state index contributed by atoms with van der Waals surface area (Å²) in [5.41, 5.74) is 2.75. The van der Waals surface area contributed by atoms with Crippen molar-refractivity contribution in [2.24, 2.45) is 0 Å². The molecule has 4 rings (SSSR count). The van der Waals surface area contributed by atoms with E-state index >= 15 is 0 Å². The highest BCUT2D eigenvalue weighted by molar-refractivity contribution is 7.19. The van der Waals surface area contributed by atoms with Gasteiger partial charge in [0.1, 0.15) is 0 Å². The van der Waals surface area contributed by atoms with Gasteiger partial charge >= 0.3 is 0 Å². The van der Waals surface area contributed by atoms with Crippen LogP contribution in [0, 0.1) is 0 Å². The van der Waals surface area contributed by atoms with Gasteiger partial charge in [-0.15, -0.1) is 11.3 Å². The van der Waals surface area contributed by atoms with E-state index < -0.39 is 0 Å². The first-order chi connectivity index (χ1) is 10.8. The Morgan fingerprint density at radius 1 is 1.14 bits per heavy atom. The maximum Gasteiger partial charge on any atom is 0.227 e. The van der Waals surface area contributed by atoms with Crippen LogP contribution in [0.25, 0.3) is 21.5 Å². The molecule has 0 amide bonds. The average molecular weight is 328 g/mol. The lowest BCUT2D eigenvalue weighted by Crippen LogP contribution is -1.97. The molecule has 0 unspecified atom stereocenters. The second-order valence-corrected chi connectivity index (χ2v) is 6.38. The summed E-state index contributed by atoms with van der Waals surface area (Å²) in [5.74, 6) is 0.546. The predicted molar refractivity (Wildman–Crippen MR) is 89.7 cm³/mol. The van der Waals surface area contributed by atoms with Gasteiger partial charge in [0, 0.05) is 17.3 Å². The van der Waals surface area contributed by atoms with E-state index in [-0.39, 0.29) is 0 Å². The molecule has 0 radical (unpaired) electrons. The number of anilines is 2. The molecule has 4 aromatic rings. The SMILES string of the molecule is Clc1ccc(-c2ccnc(Nc3ccc4[nH]ncc4c3)n2)s1. The Morgan fingerprint density at radius 3 is 2.95 bits per heavy atom. The van der Waals surface area contributed by atoms with Crippen molar-refractivity contribution in [1.29, 1.82) is 0 Å². The van der Waals surface area contributed by atoms with Crippen LogP contribution < -0.4 is 5.32 Å². The van der Waals surface area contributed by atoms with E-state index in [9.17, 15) is 0 Å². The fourth-order valence-corrected chi connectivity index (χ4v) is 3.17. The maximum atomic E-state index is 5.98. The molecular weight excluding hydrogens is 318 g/mol. The Labute approximate surface area is 135 Å². The molecular formula is C15H10ClN5S. The number of hydrogen-bond donors (Lipinski definition) is 2. The summed E-state index contributed by atoms with van der Waals surface area (Å²) in [7, 11) is 0. The van der Waals surface area contributed by atoms with Crippen LogP contribution >= 0.6 is 22.9 Å². The van der Waals surface area contributed by atoms with E-state index in [0.29, 0.717) is 5.95 Å². The van der Waals surface area contributed by atoms with Gasteiger partial charge in [0.05, 0.1) is 26.6 Å². The van der Waals surface area contributed by atoms with Crippen LogP contribution in [0.5, 0.6) is 0 Å². The number of aromatic amines is 1. The molecule has 22 heavy (non-hydrogen) atoms. The zero-order chi connectivity index (χ0) is 14.9. The Hall–Kier alpha value is -2.44. The van der Waals surface area contributed by atoms with Crippen LogP contribution in [0.1, 0.15) is 0 Å². The second-order valence-electron chi connectivity index (χ2n) is 4.67. The number of nitrogens with zero attached hydrogens (tertiary/aromatic N) is 3. The summed E-state index contributed by atoms with van der Waals surface area (Å²) >= 11 is 7.47. The fraction of sp³-hybridized carbons (Fsp3) is 0. The third kappa shape index (κ3) is 2.54. The number of hydrogen-bond acceptors (Lipinski definition) is 5. The lowest BCUT2D eigenvalue weighted by molar-refractivity contribution is 1.12. The molecule has 1 aromatic carbocycles. The Morgan fingerprint density at radius 2 is 2.09 bits per heavy atom. The summed E-state index contributed by atoms with van der Waals surface area (Å²) in [6.07, 6.45) is 3.51. The molecule has 3 heterocycles. The highest BCUT2D eigenvalue weighted by Crippen LogP contribution is 2.30. The summed E-state index contributed by atoms with van der Waals surface area (Å²) in [6.45, 7) is 0. The van der Waals surface area contributed by atoms with Gasteiger partial charge in [-0.25, -0.2) is 9.97 Å². The van der Waals surface area contributed by atoms with Crippen LogP contribution in [0.2, 0.25) is 4.34 Å². The van der Waals surface area contributed by atoms with Crippen molar-refractivity contribution in [3.63, 3.8) is 0 Å². The molecule has 7 heteroatoms. The molecule has 108 valence electrons. The highest BCUT2D eigenvalue weighted by Gasteiger charge is 2.06. The van der Waals surface area contributed by atoms with Gasteiger partial charge in [-0.05, 0) is 36.4 Å². The molecule has 0 fully saturated rings. The summed E-state index contributed by atoms with van der Waals surface area (Å²) in [6, 6.07) is 11.6. The number of benzene rings is 1. The van der Waals surface area contributed by atoms with Crippen molar-refractivity contribution in [3.05, 3.63) is 53.1 Å². The monoisotopic (exact) mass is 327 g/mol. The number of rotatable bonds is 3. The molecule has 0 aliphatic heterocycles. The minimum absolute atomic E-state index is 0.546. The van der Waals surface area contributed by atoms with Crippen LogP contribution in [-0.4, -0.2) is 20.2 Å². The molecule has 0 bridgehead atoms. The van der Waals surface area contributed by atoms with Gasteiger partial charge in [-0.1, -0.05) is 11.6 Å². The normalized spacial score (nSPS) is 11.0. The van der Waals surface area contributed by atoms with Gasteiger partial charge in [0.25, 0.3) is 0 Å².